The van der Waals surface area contributed by atoms with Gasteiger partial charge < -0.3 is 0 Å². The van der Waals surface area contributed by atoms with Gasteiger partial charge in [-0.25, -0.2) is 0 Å². The van der Waals surface area contributed by atoms with Crippen molar-refractivity contribution in [2.45, 2.75) is 13.0 Å². The predicted molar refractivity (Wildman–Crippen MR) is 43.3 cm³/mol. The molecule has 0 aromatic carbocycles. The first-order valence-electron chi connectivity index (χ1n) is 3.45. The molecule has 0 unspecified atom stereocenters. The maximum Gasteiger partial charge on any atom is 0.0699 e. The van der Waals surface area contributed by atoms with Gasteiger partial charge >= 0.3 is 0 Å². The van der Waals surface area contributed by atoms with Gasteiger partial charge in [-0.1, -0.05) is 0 Å². The Morgan fingerprint density at radius 2 is 2.50 bits per heavy atom. The van der Waals surface area contributed by atoms with Gasteiger partial charge in [-0.15, -0.1) is 0 Å². The molecule has 1 aliphatic rings. The van der Waals surface area contributed by atoms with Gasteiger partial charge in [0.1, 0.15) is 0 Å². The lowest BCUT2D eigenvalue weighted by atomic mass is 10.4. The van der Waals surface area contributed by atoms with Gasteiger partial charge in [0.2, 0.25) is 0 Å². The molecule has 0 aliphatic carbocycles. The lowest BCUT2D eigenvalue weighted by molar-refractivity contribution is 0.526. The second kappa shape index (κ2) is 2.31. The highest BCUT2D eigenvalue weighted by atomic mass is 32.2. The summed E-state index contributed by atoms with van der Waals surface area (Å²) >= 11 is 1.99. The fraction of sp³-hybridized carbons (Fsp3) is 0.571. The first kappa shape index (κ1) is 6.28. The Balaban J connectivity index is 2.17. The van der Waals surface area contributed by atoms with Crippen molar-refractivity contribution in [3.05, 3.63) is 18.0 Å². The van der Waals surface area contributed by atoms with Crippen LogP contribution < -0.4 is 0 Å². The molecule has 0 spiro atoms. The predicted octanol–water partition coefficient (Wildman–Crippen LogP) is 1.48. The van der Waals surface area contributed by atoms with Crippen LogP contribution in [0.15, 0.2) is 12.4 Å². The molecule has 54 valence electrons. The molecule has 0 saturated carbocycles. The molecule has 1 aliphatic heterocycles. The highest BCUT2D eigenvalue weighted by molar-refractivity contribution is 8.00. The van der Waals surface area contributed by atoms with Crippen LogP contribution in [0, 0.1) is 6.92 Å². The monoisotopic (exact) mass is 154 g/mol. The summed E-state index contributed by atoms with van der Waals surface area (Å²) in [5, 5.41) is 4.24. The molecule has 0 N–H and O–H groups in total. The lowest BCUT2D eigenvalue weighted by Gasteiger charge is -2.24. The second-order valence-electron chi connectivity index (χ2n) is 2.69. The zero-order valence-corrected chi connectivity index (χ0v) is 6.77. The average molecular weight is 154 g/mol. The van der Waals surface area contributed by atoms with Crippen LogP contribution in [0.1, 0.15) is 11.6 Å². The van der Waals surface area contributed by atoms with Gasteiger partial charge in [0.05, 0.1) is 12.2 Å². The van der Waals surface area contributed by atoms with Crippen LogP contribution in [0.4, 0.5) is 0 Å². The highest BCUT2D eigenvalue weighted by Gasteiger charge is 2.19. The van der Waals surface area contributed by atoms with Crippen LogP contribution in [0.3, 0.4) is 0 Å². The summed E-state index contributed by atoms with van der Waals surface area (Å²) in [6.45, 7) is 2.08. The molecule has 2 nitrogen and oxygen atoms in total. The molecule has 0 bridgehead atoms. The molecular weight excluding hydrogens is 144 g/mol. The van der Waals surface area contributed by atoms with Crippen LogP contribution >= 0.6 is 11.8 Å². The zero-order valence-electron chi connectivity index (χ0n) is 5.95. The minimum Gasteiger partial charge on any atom is -0.268 e. The molecule has 1 fully saturated rings. The lowest BCUT2D eigenvalue weighted by Crippen LogP contribution is -2.22. The molecule has 1 aromatic heterocycles. The maximum absolute atomic E-state index is 4.24. The number of hydrogen-bond acceptors (Lipinski definition) is 2. The molecule has 1 saturated heterocycles. The van der Waals surface area contributed by atoms with Crippen LogP contribution in [-0.4, -0.2) is 21.3 Å². The van der Waals surface area contributed by atoms with Crippen LogP contribution in [0.5, 0.6) is 0 Å². The quantitative estimate of drug-likeness (QED) is 0.609. The Labute approximate surface area is 64.6 Å². The van der Waals surface area contributed by atoms with Crippen molar-refractivity contribution in [1.82, 2.24) is 9.78 Å². The van der Waals surface area contributed by atoms with E-state index in [0.717, 1.165) is 0 Å². The molecule has 0 atom stereocenters. The standard InChI is InChI=1S/C7H10N2S/c1-6-2-8-9(3-6)7-4-10-5-7/h2-3,7H,4-5H2,1H3. The van der Waals surface area contributed by atoms with Crippen LogP contribution in [-0.2, 0) is 0 Å². The highest BCUT2D eigenvalue weighted by Crippen LogP contribution is 2.28. The van der Waals surface area contributed by atoms with E-state index in [9.17, 15) is 0 Å². The molecule has 2 heterocycles. The van der Waals surface area contributed by atoms with E-state index in [4.69, 9.17) is 0 Å². The molecule has 0 radical (unpaired) electrons. The fourth-order valence-corrected chi connectivity index (χ4v) is 1.76. The smallest absolute Gasteiger partial charge is 0.0699 e. The number of thioether (sulfide) groups is 1. The van der Waals surface area contributed by atoms with E-state index in [-0.39, 0.29) is 0 Å². The second-order valence-corrected chi connectivity index (χ2v) is 3.76. The van der Waals surface area contributed by atoms with Crippen molar-refractivity contribution >= 4 is 11.8 Å². The molecule has 2 rings (SSSR count). The maximum atomic E-state index is 4.24. The molecule has 0 amide bonds. The number of nitrogens with zero attached hydrogens (tertiary/aromatic N) is 2. The van der Waals surface area contributed by atoms with Crippen molar-refractivity contribution in [3.8, 4) is 0 Å². The summed E-state index contributed by atoms with van der Waals surface area (Å²) in [6.07, 6.45) is 4.04. The summed E-state index contributed by atoms with van der Waals surface area (Å²) in [6, 6.07) is 0.679. The first-order chi connectivity index (χ1) is 4.86. The minimum absolute atomic E-state index is 0.679. The first-order valence-corrected chi connectivity index (χ1v) is 4.60. The number of aromatic nitrogens is 2. The van der Waals surface area contributed by atoms with Gasteiger partial charge in [0, 0.05) is 17.7 Å². The summed E-state index contributed by atoms with van der Waals surface area (Å²) in [4.78, 5) is 0. The third kappa shape index (κ3) is 0.944. The van der Waals surface area contributed by atoms with Gasteiger partial charge in [-0.3, -0.25) is 4.68 Å². The number of hydrogen-bond donors (Lipinski definition) is 0. The van der Waals surface area contributed by atoms with Gasteiger partial charge in [0.15, 0.2) is 0 Å². The Morgan fingerprint density at radius 1 is 1.70 bits per heavy atom. The summed E-state index contributed by atoms with van der Waals surface area (Å²) in [5.74, 6) is 2.47. The Morgan fingerprint density at radius 3 is 2.90 bits per heavy atom. The normalized spacial score (nSPS) is 18.9. The largest absolute Gasteiger partial charge is 0.268 e. The van der Waals surface area contributed by atoms with Crippen LogP contribution in [0.25, 0.3) is 0 Å². The van der Waals surface area contributed by atoms with Crippen molar-refractivity contribution in [1.29, 1.82) is 0 Å². The van der Waals surface area contributed by atoms with E-state index in [1.54, 1.807) is 0 Å². The zero-order chi connectivity index (χ0) is 6.97. The Hall–Kier alpha value is -0.440. The number of rotatable bonds is 1. The van der Waals surface area contributed by atoms with Crippen molar-refractivity contribution in [3.63, 3.8) is 0 Å². The van der Waals surface area contributed by atoms with E-state index in [1.807, 2.05) is 18.0 Å². The molecule has 1 aromatic rings. The van der Waals surface area contributed by atoms with Crippen molar-refractivity contribution in [2.24, 2.45) is 0 Å². The van der Waals surface area contributed by atoms with E-state index in [0.29, 0.717) is 6.04 Å². The van der Waals surface area contributed by atoms with Gasteiger partial charge in [-0.2, -0.15) is 16.9 Å². The molecule has 3 heteroatoms. The Bertz CT molecular complexity index is 227. The van der Waals surface area contributed by atoms with E-state index < -0.39 is 0 Å². The minimum atomic E-state index is 0.679. The SMILES string of the molecule is Cc1cnn(C2CSC2)c1. The van der Waals surface area contributed by atoms with Crippen molar-refractivity contribution in [2.75, 3.05) is 11.5 Å². The fourth-order valence-electron chi connectivity index (χ4n) is 1.01. The Kier molecular flexibility index (Phi) is 1.45. The third-order valence-electron chi connectivity index (χ3n) is 1.73. The van der Waals surface area contributed by atoms with E-state index >= 15 is 0 Å². The summed E-state index contributed by atoms with van der Waals surface area (Å²) < 4.78 is 2.08. The third-order valence-corrected chi connectivity index (χ3v) is 2.97. The van der Waals surface area contributed by atoms with Crippen molar-refractivity contribution < 1.29 is 0 Å². The molecule has 10 heavy (non-hydrogen) atoms. The van der Waals surface area contributed by atoms with E-state index in [2.05, 4.69) is 22.9 Å². The number of aryl methyl sites for hydroxylation is 1. The summed E-state index contributed by atoms with van der Waals surface area (Å²) in [5.41, 5.74) is 1.26. The van der Waals surface area contributed by atoms with Gasteiger partial charge in [-0.05, 0) is 12.5 Å². The van der Waals surface area contributed by atoms with Crippen LogP contribution in [0.2, 0.25) is 0 Å². The summed E-state index contributed by atoms with van der Waals surface area (Å²) in [7, 11) is 0. The van der Waals surface area contributed by atoms with Gasteiger partial charge in [0.25, 0.3) is 0 Å². The topological polar surface area (TPSA) is 17.8 Å². The average Bonchev–Trinajstić information content (AvgIpc) is 2.10. The van der Waals surface area contributed by atoms with E-state index in [1.165, 1.54) is 17.1 Å². The molecular formula is C7H10N2S.